The third-order valence-corrected chi connectivity index (χ3v) is 4.42. The molecule has 1 amide bonds. The van der Waals surface area contributed by atoms with Gasteiger partial charge in [-0.05, 0) is 12.1 Å². The first-order chi connectivity index (χ1) is 12.7. The van der Waals surface area contributed by atoms with Gasteiger partial charge in [-0.25, -0.2) is 4.98 Å². The summed E-state index contributed by atoms with van der Waals surface area (Å²) >= 11 is 0. The number of hydrogen-bond acceptors (Lipinski definition) is 5. The summed E-state index contributed by atoms with van der Waals surface area (Å²) in [5.41, 5.74) is 2.52. The first-order valence-corrected chi connectivity index (χ1v) is 8.57. The van der Waals surface area contributed by atoms with E-state index in [2.05, 4.69) is 10.1 Å². The summed E-state index contributed by atoms with van der Waals surface area (Å²) in [6.45, 7) is 1.62. The average molecular weight is 352 g/mol. The van der Waals surface area contributed by atoms with Crippen molar-refractivity contribution in [2.24, 2.45) is 7.05 Å². The molecule has 7 heteroatoms. The molecule has 0 aliphatic carbocycles. The number of benzene rings is 1. The Morgan fingerprint density at radius 2 is 2.15 bits per heavy atom. The molecule has 0 radical (unpaired) electrons. The molecule has 1 aromatic carbocycles. The predicted octanol–water partition coefficient (Wildman–Crippen LogP) is 2.22. The predicted molar refractivity (Wildman–Crippen MR) is 94.1 cm³/mol. The lowest BCUT2D eigenvalue weighted by molar-refractivity contribution is -0.138. The number of carbonyl (C=O) groups excluding carboxylic acids is 1. The second kappa shape index (κ2) is 7.13. The van der Waals surface area contributed by atoms with E-state index in [-0.39, 0.29) is 18.4 Å². The Morgan fingerprint density at radius 1 is 1.31 bits per heavy atom. The highest BCUT2D eigenvalue weighted by atomic mass is 16.5. The van der Waals surface area contributed by atoms with Crippen molar-refractivity contribution in [3.05, 3.63) is 60.2 Å². The van der Waals surface area contributed by atoms with Crippen molar-refractivity contribution in [1.82, 2.24) is 19.7 Å². The Balaban J connectivity index is 1.41. The zero-order chi connectivity index (χ0) is 17.9. The SMILES string of the molecule is Cn1cc([C@H]2CN(C(=O)Cc3coc(-c4ccccc4)n3)CCO2)cn1. The van der Waals surface area contributed by atoms with Crippen LogP contribution in [0.15, 0.2) is 53.4 Å². The van der Waals surface area contributed by atoms with Gasteiger partial charge in [-0.2, -0.15) is 5.10 Å². The maximum absolute atomic E-state index is 12.7. The minimum atomic E-state index is -0.140. The van der Waals surface area contributed by atoms with Crippen LogP contribution in [-0.2, 0) is 23.0 Å². The molecule has 26 heavy (non-hydrogen) atoms. The normalized spacial score (nSPS) is 17.4. The Kier molecular flexibility index (Phi) is 4.53. The van der Waals surface area contributed by atoms with Crippen LogP contribution >= 0.6 is 0 Å². The van der Waals surface area contributed by atoms with E-state index < -0.39 is 0 Å². The molecule has 0 saturated carbocycles. The molecule has 1 saturated heterocycles. The van der Waals surface area contributed by atoms with E-state index in [0.717, 1.165) is 11.1 Å². The van der Waals surface area contributed by atoms with Gasteiger partial charge in [0.25, 0.3) is 0 Å². The minimum absolute atomic E-state index is 0.0232. The molecule has 3 aromatic rings. The number of aryl methyl sites for hydroxylation is 1. The van der Waals surface area contributed by atoms with Crippen LogP contribution in [-0.4, -0.2) is 45.3 Å². The van der Waals surface area contributed by atoms with Crippen molar-refractivity contribution in [2.45, 2.75) is 12.5 Å². The first-order valence-electron chi connectivity index (χ1n) is 8.57. The summed E-state index contributed by atoms with van der Waals surface area (Å²) < 4.78 is 13.0. The fraction of sp³-hybridized carbons (Fsp3) is 0.316. The van der Waals surface area contributed by atoms with Crippen molar-refractivity contribution in [1.29, 1.82) is 0 Å². The Labute approximate surface area is 151 Å². The molecule has 1 atom stereocenters. The summed E-state index contributed by atoms with van der Waals surface area (Å²) in [6, 6.07) is 9.65. The number of nitrogens with zero attached hydrogens (tertiary/aromatic N) is 4. The molecule has 0 spiro atoms. The molecule has 134 valence electrons. The molecule has 0 bridgehead atoms. The number of hydrogen-bond donors (Lipinski definition) is 0. The highest BCUT2D eigenvalue weighted by molar-refractivity contribution is 5.78. The number of oxazole rings is 1. The van der Waals surface area contributed by atoms with Crippen LogP contribution in [0.25, 0.3) is 11.5 Å². The Hall–Kier alpha value is -2.93. The second-order valence-electron chi connectivity index (χ2n) is 6.33. The van der Waals surface area contributed by atoms with Crippen LogP contribution in [0.1, 0.15) is 17.4 Å². The van der Waals surface area contributed by atoms with Gasteiger partial charge < -0.3 is 14.1 Å². The van der Waals surface area contributed by atoms with E-state index in [0.29, 0.717) is 31.3 Å². The maximum Gasteiger partial charge on any atom is 0.228 e. The van der Waals surface area contributed by atoms with E-state index in [1.54, 1.807) is 17.1 Å². The van der Waals surface area contributed by atoms with E-state index in [1.807, 2.05) is 48.5 Å². The second-order valence-corrected chi connectivity index (χ2v) is 6.33. The third-order valence-electron chi connectivity index (χ3n) is 4.42. The number of aromatic nitrogens is 3. The Morgan fingerprint density at radius 3 is 2.92 bits per heavy atom. The number of morpholine rings is 1. The molecule has 2 aromatic heterocycles. The van der Waals surface area contributed by atoms with Crippen molar-refractivity contribution < 1.29 is 13.9 Å². The van der Waals surface area contributed by atoms with Crippen molar-refractivity contribution in [3.8, 4) is 11.5 Å². The molecule has 1 fully saturated rings. The van der Waals surface area contributed by atoms with E-state index >= 15 is 0 Å². The molecule has 4 rings (SSSR count). The number of rotatable bonds is 4. The van der Waals surface area contributed by atoms with Gasteiger partial charge >= 0.3 is 0 Å². The zero-order valence-electron chi connectivity index (χ0n) is 14.5. The van der Waals surface area contributed by atoms with E-state index in [1.165, 1.54) is 0 Å². The average Bonchev–Trinajstić information content (AvgIpc) is 3.32. The summed E-state index contributed by atoms with van der Waals surface area (Å²) in [5, 5.41) is 4.17. The lowest BCUT2D eigenvalue weighted by Gasteiger charge is -2.32. The van der Waals surface area contributed by atoms with Gasteiger partial charge in [-0.3, -0.25) is 9.48 Å². The fourth-order valence-corrected chi connectivity index (χ4v) is 3.05. The lowest BCUT2D eigenvalue weighted by Crippen LogP contribution is -2.42. The third kappa shape index (κ3) is 3.52. The molecule has 0 unspecified atom stereocenters. The van der Waals surface area contributed by atoms with Gasteiger partial charge in [0, 0.05) is 30.9 Å². The highest BCUT2D eigenvalue weighted by Crippen LogP contribution is 2.23. The van der Waals surface area contributed by atoms with Crippen molar-refractivity contribution in [2.75, 3.05) is 19.7 Å². The van der Waals surface area contributed by atoms with Crippen LogP contribution in [0.5, 0.6) is 0 Å². The monoisotopic (exact) mass is 352 g/mol. The van der Waals surface area contributed by atoms with Gasteiger partial charge in [0.2, 0.25) is 11.8 Å². The maximum atomic E-state index is 12.7. The Bertz CT molecular complexity index is 887. The summed E-state index contributed by atoms with van der Waals surface area (Å²) in [7, 11) is 1.87. The summed E-state index contributed by atoms with van der Waals surface area (Å²) in [4.78, 5) is 18.9. The van der Waals surface area contributed by atoms with Gasteiger partial charge in [-0.1, -0.05) is 18.2 Å². The molecule has 1 aliphatic rings. The number of carbonyl (C=O) groups is 1. The van der Waals surface area contributed by atoms with Gasteiger partial charge in [0.05, 0.1) is 31.5 Å². The summed E-state index contributed by atoms with van der Waals surface area (Å²) in [6.07, 6.45) is 5.33. The number of ether oxygens (including phenoxy) is 1. The molecular weight excluding hydrogens is 332 g/mol. The van der Waals surface area contributed by atoms with Crippen LogP contribution in [0.3, 0.4) is 0 Å². The zero-order valence-corrected chi connectivity index (χ0v) is 14.5. The lowest BCUT2D eigenvalue weighted by atomic mass is 10.1. The molecule has 1 aliphatic heterocycles. The van der Waals surface area contributed by atoms with Crippen LogP contribution < -0.4 is 0 Å². The van der Waals surface area contributed by atoms with Gasteiger partial charge in [0.1, 0.15) is 12.4 Å². The van der Waals surface area contributed by atoms with Crippen LogP contribution in [0, 0.1) is 0 Å². The first kappa shape index (κ1) is 16.5. The smallest absolute Gasteiger partial charge is 0.228 e. The van der Waals surface area contributed by atoms with Crippen LogP contribution in [0.2, 0.25) is 0 Å². The quantitative estimate of drug-likeness (QED) is 0.720. The molecule has 3 heterocycles. The fourth-order valence-electron chi connectivity index (χ4n) is 3.05. The highest BCUT2D eigenvalue weighted by Gasteiger charge is 2.26. The van der Waals surface area contributed by atoms with Crippen molar-refractivity contribution in [3.63, 3.8) is 0 Å². The summed E-state index contributed by atoms with van der Waals surface area (Å²) in [5.74, 6) is 0.554. The minimum Gasteiger partial charge on any atom is -0.444 e. The van der Waals surface area contributed by atoms with Crippen molar-refractivity contribution >= 4 is 5.91 Å². The molecule has 7 nitrogen and oxygen atoms in total. The topological polar surface area (TPSA) is 73.4 Å². The molecule has 0 N–H and O–H groups in total. The van der Waals surface area contributed by atoms with Gasteiger partial charge in [-0.15, -0.1) is 0 Å². The van der Waals surface area contributed by atoms with Gasteiger partial charge in [0.15, 0.2) is 0 Å². The number of amides is 1. The largest absolute Gasteiger partial charge is 0.444 e. The molecular formula is C19H20N4O3. The standard InChI is InChI=1S/C19H20N4O3/c1-22-11-15(10-20-22)17-12-23(7-8-25-17)18(24)9-16-13-26-19(21-16)14-5-3-2-4-6-14/h2-6,10-11,13,17H,7-9,12H2,1H3/t17-/m1/s1. The van der Waals surface area contributed by atoms with Crippen LogP contribution in [0.4, 0.5) is 0 Å². The van der Waals surface area contributed by atoms with E-state index in [4.69, 9.17) is 9.15 Å². The van der Waals surface area contributed by atoms with E-state index in [9.17, 15) is 4.79 Å².